The van der Waals surface area contributed by atoms with Gasteiger partial charge in [-0.2, -0.15) is 0 Å². The molecule has 1 saturated heterocycles. The SMILES string of the molecule is CC(C)(C)OC(=O)N1CC(n2cc(-c3nc(N)ncc3F)c3cc(Br)nc(C4CC4)c32)C1. The number of hydrogen-bond acceptors (Lipinski definition) is 6. The van der Waals surface area contributed by atoms with E-state index in [1.807, 2.05) is 33.0 Å². The monoisotopic (exact) mass is 502 g/mol. The lowest BCUT2D eigenvalue weighted by atomic mass is 10.1. The van der Waals surface area contributed by atoms with Crippen molar-refractivity contribution in [2.75, 3.05) is 18.8 Å². The molecule has 0 bridgehead atoms. The second-order valence-electron chi connectivity index (χ2n) is 9.41. The molecule has 0 unspecified atom stereocenters. The Morgan fingerprint density at radius 3 is 2.66 bits per heavy atom. The molecule has 0 radical (unpaired) electrons. The van der Waals surface area contributed by atoms with Crippen molar-refractivity contribution in [3.05, 3.63) is 34.6 Å². The van der Waals surface area contributed by atoms with Crippen molar-refractivity contribution >= 4 is 38.9 Å². The zero-order valence-corrected chi connectivity index (χ0v) is 19.7. The van der Waals surface area contributed by atoms with E-state index in [0.717, 1.165) is 35.6 Å². The standard InChI is InChI=1S/C22H24BrFN6O2/c1-22(2,3)32-21(31)29-8-12(9-29)30-10-14(18-15(24)7-26-20(25)28-18)13-6-16(23)27-17(19(13)30)11-4-5-11/h6-7,10-12H,4-5,8-9H2,1-3H3,(H2,25,26,28). The number of nitrogen functional groups attached to an aromatic ring is 1. The summed E-state index contributed by atoms with van der Waals surface area (Å²) in [5.74, 6) is -0.153. The van der Waals surface area contributed by atoms with Crippen LogP contribution in [0.1, 0.15) is 51.3 Å². The quantitative estimate of drug-likeness (QED) is 0.523. The van der Waals surface area contributed by atoms with E-state index in [1.54, 1.807) is 4.90 Å². The van der Waals surface area contributed by atoms with Crippen LogP contribution < -0.4 is 5.73 Å². The third-order valence-corrected chi connectivity index (χ3v) is 6.10. The molecular formula is C22H24BrFN6O2. The Labute approximate surface area is 193 Å². The summed E-state index contributed by atoms with van der Waals surface area (Å²) in [6.07, 6.45) is 4.80. The van der Waals surface area contributed by atoms with Gasteiger partial charge in [0.25, 0.3) is 0 Å². The molecule has 2 fully saturated rings. The highest BCUT2D eigenvalue weighted by Gasteiger charge is 2.38. The number of anilines is 1. The minimum absolute atomic E-state index is 0.0117. The normalized spacial score (nSPS) is 17.0. The molecule has 5 rings (SSSR count). The van der Waals surface area contributed by atoms with Gasteiger partial charge in [-0.25, -0.2) is 24.1 Å². The van der Waals surface area contributed by atoms with Crippen LogP contribution in [0.15, 0.2) is 23.1 Å². The van der Waals surface area contributed by atoms with Gasteiger partial charge in [-0.15, -0.1) is 0 Å². The summed E-state index contributed by atoms with van der Waals surface area (Å²) < 4.78 is 23.0. The Balaban J connectivity index is 1.58. The van der Waals surface area contributed by atoms with Gasteiger partial charge in [0.05, 0.1) is 23.4 Å². The van der Waals surface area contributed by atoms with E-state index in [0.29, 0.717) is 29.2 Å². The maximum atomic E-state index is 14.7. The van der Waals surface area contributed by atoms with Crippen molar-refractivity contribution in [3.8, 4) is 11.3 Å². The third-order valence-electron chi connectivity index (χ3n) is 5.69. The predicted octanol–water partition coefficient (Wildman–Crippen LogP) is 4.65. The number of aromatic nitrogens is 4. The number of pyridine rings is 1. The van der Waals surface area contributed by atoms with E-state index < -0.39 is 11.4 Å². The van der Waals surface area contributed by atoms with E-state index in [1.165, 1.54) is 0 Å². The van der Waals surface area contributed by atoms with Crippen LogP contribution in [-0.4, -0.2) is 49.2 Å². The van der Waals surface area contributed by atoms with Gasteiger partial charge in [0.15, 0.2) is 5.82 Å². The largest absolute Gasteiger partial charge is 0.444 e. The van der Waals surface area contributed by atoms with Crippen molar-refractivity contribution in [1.29, 1.82) is 0 Å². The fourth-order valence-corrected chi connectivity index (χ4v) is 4.49. The minimum Gasteiger partial charge on any atom is -0.444 e. The number of likely N-dealkylation sites (tertiary alicyclic amines) is 1. The van der Waals surface area contributed by atoms with Gasteiger partial charge in [-0.1, -0.05) is 0 Å². The molecule has 1 aliphatic carbocycles. The number of rotatable bonds is 3. The molecule has 1 saturated carbocycles. The molecule has 4 heterocycles. The molecule has 10 heteroatoms. The van der Waals surface area contributed by atoms with Gasteiger partial charge in [-0.3, -0.25) is 0 Å². The molecule has 168 valence electrons. The summed E-state index contributed by atoms with van der Waals surface area (Å²) in [6, 6.07) is 1.91. The zero-order valence-electron chi connectivity index (χ0n) is 18.1. The van der Waals surface area contributed by atoms with E-state index >= 15 is 0 Å². The number of nitrogens with two attached hydrogens (primary N) is 1. The molecule has 0 atom stereocenters. The van der Waals surface area contributed by atoms with E-state index in [4.69, 9.17) is 15.5 Å². The van der Waals surface area contributed by atoms with Crippen LogP contribution in [0.3, 0.4) is 0 Å². The molecule has 32 heavy (non-hydrogen) atoms. The van der Waals surface area contributed by atoms with Gasteiger partial charge in [0, 0.05) is 36.2 Å². The highest BCUT2D eigenvalue weighted by molar-refractivity contribution is 9.10. The first kappa shape index (κ1) is 21.1. The van der Waals surface area contributed by atoms with Gasteiger partial charge in [-0.05, 0) is 55.6 Å². The van der Waals surface area contributed by atoms with Crippen molar-refractivity contribution < 1.29 is 13.9 Å². The van der Waals surface area contributed by atoms with Crippen molar-refractivity contribution in [1.82, 2.24) is 24.4 Å². The lowest BCUT2D eigenvalue weighted by molar-refractivity contribution is 0.00157. The molecule has 2 N–H and O–H groups in total. The summed E-state index contributed by atoms with van der Waals surface area (Å²) in [5, 5.41) is 0.849. The van der Waals surface area contributed by atoms with Crippen LogP contribution in [-0.2, 0) is 4.74 Å². The summed E-state index contributed by atoms with van der Waals surface area (Å²) in [5.41, 5.74) is 7.94. The average molecular weight is 503 g/mol. The molecule has 0 aromatic carbocycles. The van der Waals surface area contributed by atoms with Gasteiger partial charge >= 0.3 is 6.09 Å². The summed E-state index contributed by atoms with van der Waals surface area (Å²) >= 11 is 3.51. The van der Waals surface area contributed by atoms with Gasteiger partial charge in [0.1, 0.15) is 15.9 Å². The Morgan fingerprint density at radius 1 is 1.28 bits per heavy atom. The van der Waals surface area contributed by atoms with E-state index in [2.05, 4.69) is 30.5 Å². The molecule has 8 nitrogen and oxygen atoms in total. The number of carbonyl (C=O) groups excluding carboxylic acids is 1. The highest BCUT2D eigenvalue weighted by Crippen LogP contribution is 2.46. The Morgan fingerprint density at radius 2 is 2.00 bits per heavy atom. The third kappa shape index (κ3) is 3.80. The smallest absolute Gasteiger partial charge is 0.410 e. The molecule has 3 aromatic heterocycles. The number of hydrogen-bond donors (Lipinski definition) is 1. The number of halogens is 2. The zero-order chi connectivity index (χ0) is 22.8. The first-order chi connectivity index (χ1) is 15.1. The van der Waals surface area contributed by atoms with Crippen LogP contribution in [0.5, 0.6) is 0 Å². The van der Waals surface area contributed by atoms with Crippen molar-refractivity contribution in [3.63, 3.8) is 0 Å². The summed E-state index contributed by atoms with van der Waals surface area (Å²) in [6.45, 7) is 6.56. The summed E-state index contributed by atoms with van der Waals surface area (Å²) in [4.78, 5) is 26.8. The minimum atomic E-state index is -0.546. The van der Waals surface area contributed by atoms with Gasteiger partial charge in [0.2, 0.25) is 5.95 Å². The van der Waals surface area contributed by atoms with Gasteiger partial charge < -0.3 is 19.9 Å². The maximum absolute atomic E-state index is 14.7. The highest BCUT2D eigenvalue weighted by atomic mass is 79.9. The van der Waals surface area contributed by atoms with E-state index in [9.17, 15) is 9.18 Å². The second kappa shape index (κ2) is 7.40. The number of carbonyl (C=O) groups is 1. The molecule has 3 aromatic rings. The lowest BCUT2D eigenvalue weighted by Gasteiger charge is -2.40. The lowest BCUT2D eigenvalue weighted by Crippen LogP contribution is -2.52. The molecule has 0 spiro atoms. The topological polar surface area (TPSA) is 99.2 Å². The number of nitrogens with zero attached hydrogens (tertiary/aromatic N) is 5. The van der Waals surface area contributed by atoms with Crippen molar-refractivity contribution in [2.45, 2.75) is 51.2 Å². The van der Waals surface area contributed by atoms with Crippen LogP contribution in [0, 0.1) is 5.82 Å². The van der Waals surface area contributed by atoms with Crippen LogP contribution in [0.2, 0.25) is 0 Å². The number of fused-ring (bicyclic) bond motifs is 1. The van der Waals surface area contributed by atoms with Crippen LogP contribution in [0.25, 0.3) is 22.2 Å². The fraction of sp³-hybridized carbons (Fsp3) is 0.455. The Hall–Kier alpha value is -2.75. The first-order valence-corrected chi connectivity index (χ1v) is 11.4. The van der Waals surface area contributed by atoms with Crippen LogP contribution >= 0.6 is 15.9 Å². The Kier molecular flexibility index (Phi) is 4.88. The summed E-state index contributed by atoms with van der Waals surface area (Å²) in [7, 11) is 0. The molecule has 1 aliphatic heterocycles. The number of ether oxygens (including phenoxy) is 1. The van der Waals surface area contributed by atoms with E-state index in [-0.39, 0.29) is 23.8 Å². The Bertz CT molecular complexity index is 1230. The average Bonchev–Trinajstić information content (AvgIpc) is 3.43. The van der Waals surface area contributed by atoms with Crippen molar-refractivity contribution in [2.24, 2.45) is 0 Å². The fourth-order valence-electron chi connectivity index (χ4n) is 4.07. The maximum Gasteiger partial charge on any atom is 0.410 e. The second-order valence-corrected chi connectivity index (χ2v) is 10.2. The first-order valence-electron chi connectivity index (χ1n) is 10.6. The molecular weight excluding hydrogens is 479 g/mol. The molecule has 1 amide bonds. The van der Waals surface area contributed by atoms with Crippen LogP contribution in [0.4, 0.5) is 15.1 Å². The number of amides is 1. The molecule has 2 aliphatic rings. The predicted molar refractivity (Wildman–Crippen MR) is 122 cm³/mol.